The van der Waals surface area contributed by atoms with Gasteiger partial charge in [-0.2, -0.15) is 5.10 Å². The smallest absolute Gasteiger partial charge is 0.135 e. The van der Waals surface area contributed by atoms with E-state index in [4.69, 9.17) is 0 Å². The molecule has 0 unspecified atom stereocenters. The Morgan fingerprint density at radius 1 is 1.32 bits per heavy atom. The zero-order chi connectivity index (χ0) is 13.4. The maximum atomic E-state index is 4.58. The van der Waals surface area contributed by atoms with Gasteiger partial charge in [-0.05, 0) is 32.0 Å². The molecular formula is C15H20N4. The average molecular weight is 256 g/mol. The summed E-state index contributed by atoms with van der Waals surface area (Å²) in [7, 11) is 4.01. The summed E-state index contributed by atoms with van der Waals surface area (Å²) in [6.45, 7) is 3.97. The Balaban J connectivity index is 2.09. The molecular weight excluding hydrogens is 236 g/mol. The first kappa shape index (κ1) is 12.2. The van der Waals surface area contributed by atoms with Crippen LogP contribution < -0.4 is 10.2 Å². The molecule has 0 bridgehead atoms. The quantitative estimate of drug-likeness (QED) is 0.913. The lowest BCUT2D eigenvalue weighted by molar-refractivity contribution is 0.741. The van der Waals surface area contributed by atoms with Gasteiger partial charge in [0.25, 0.3) is 0 Å². The summed E-state index contributed by atoms with van der Waals surface area (Å²) in [5, 5.41) is 7.83. The van der Waals surface area contributed by atoms with Crippen LogP contribution in [-0.4, -0.2) is 23.4 Å². The van der Waals surface area contributed by atoms with E-state index in [1.807, 2.05) is 18.8 Å². The molecule has 1 N–H and O–H groups in total. The highest BCUT2D eigenvalue weighted by Crippen LogP contribution is 2.36. The van der Waals surface area contributed by atoms with Crippen molar-refractivity contribution >= 4 is 11.5 Å². The summed E-state index contributed by atoms with van der Waals surface area (Å²) in [6, 6.07) is 8.65. The molecule has 2 heterocycles. The van der Waals surface area contributed by atoms with Crippen molar-refractivity contribution in [2.75, 3.05) is 18.5 Å². The molecule has 0 atom stereocenters. The lowest BCUT2D eigenvalue weighted by Gasteiger charge is -2.21. The standard InChI is InChI=1S/C15H20N4/c1-11-13(10-16-2)15(18(3)17-11)19-9-8-12-6-4-5-7-14(12)19/h4-7,16H,8-10H2,1-3H3. The number of nitrogens with one attached hydrogen (secondary N) is 1. The number of hydrogen-bond acceptors (Lipinski definition) is 3. The summed E-state index contributed by atoms with van der Waals surface area (Å²) < 4.78 is 2.00. The normalized spacial score (nSPS) is 13.9. The number of anilines is 2. The maximum Gasteiger partial charge on any atom is 0.135 e. The molecule has 0 radical (unpaired) electrons. The third-order valence-corrected chi connectivity index (χ3v) is 3.81. The minimum Gasteiger partial charge on any atom is -0.326 e. The van der Waals surface area contributed by atoms with Crippen LogP contribution in [0.4, 0.5) is 11.5 Å². The average Bonchev–Trinajstić information content (AvgIpc) is 2.92. The predicted molar refractivity (Wildman–Crippen MR) is 77.9 cm³/mol. The van der Waals surface area contributed by atoms with Gasteiger partial charge in [-0.15, -0.1) is 0 Å². The number of aromatic nitrogens is 2. The van der Waals surface area contributed by atoms with Gasteiger partial charge in [0.1, 0.15) is 5.82 Å². The predicted octanol–water partition coefficient (Wildman–Crippen LogP) is 2.14. The van der Waals surface area contributed by atoms with Crippen LogP contribution in [0.1, 0.15) is 16.8 Å². The van der Waals surface area contributed by atoms with Crippen LogP contribution in [0, 0.1) is 6.92 Å². The molecule has 2 aromatic rings. The second-order valence-corrected chi connectivity index (χ2v) is 5.07. The second-order valence-electron chi connectivity index (χ2n) is 5.07. The molecule has 0 aliphatic carbocycles. The molecule has 1 aromatic heterocycles. The van der Waals surface area contributed by atoms with Crippen LogP contribution in [0.5, 0.6) is 0 Å². The third kappa shape index (κ3) is 1.92. The van der Waals surface area contributed by atoms with Crippen molar-refractivity contribution in [3.05, 3.63) is 41.1 Å². The summed E-state index contributed by atoms with van der Waals surface area (Å²) >= 11 is 0. The fraction of sp³-hybridized carbons (Fsp3) is 0.400. The van der Waals surface area contributed by atoms with E-state index in [0.29, 0.717) is 0 Å². The van der Waals surface area contributed by atoms with Crippen LogP contribution in [0.15, 0.2) is 24.3 Å². The van der Waals surface area contributed by atoms with Crippen molar-refractivity contribution in [3.8, 4) is 0 Å². The summed E-state index contributed by atoms with van der Waals surface area (Å²) in [5.74, 6) is 1.22. The SMILES string of the molecule is CNCc1c(C)nn(C)c1N1CCc2ccccc21. The van der Waals surface area contributed by atoms with Crippen molar-refractivity contribution in [1.82, 2.24) is 15.1 Å². The zero-order valence-electron chi connectivity index (χ0n) is 11.8. The molecule has 100 valence electrons. The number of hydrogen-bond donors (Lipinski definition) is 1. The minimum absolute atomic E-state index is 0.855. The van der Waals surface area contributed by atoms with E-state index in [-0.39, 0.29) is 0 Å². The van der Waals surface area contributed by atoms with E-state index in [0.717, 1.165) is 25.2 Å². The van der Waals surface area contributed by atoms with E-state index >= 15 is 0 Å². The summed E-state index contributed by atoms with van der Waals surface area (Å²) in [4.78, 5) is 2.39. The number of aryl methyl sites for hydroxylation is 2. The Morgan fingerprint density at radius 2 is 2.11 bits per heavy atom. The fourth-order valence-corrected chi connectivity index (χ4v) is 2.97. The second kappa shape index (κ2) is 4.70. The molecule has 0 amide bonds. The van der Waals surface area contributed by atoms with Crippen molar-refractivity contribution < 1.29 is 0 Å². The topological polar surface area (TPSA) is 33.1 Å². The summed E-state index contributed by atoms with van der Waals surface area (Å²) in [6.07, 6.45) is 1.11. The van der Waals surface area contributed by atoms with Gasteiger partial charge in [-0.25, -0.2) is 0 Å². The zero-order valence-corrected chi connectivity index (χ0v) is 11.8. The van der Waals surface area contributed by atoms with E-state index in [1.165, 1.54) is 22.6 Å². The Kier molecular flexibility index (Phi) is 3.03. The molecule has 19 heavy (non-hydrogen) atoms. The van der Waals surface area contributed by atoms with Gasteiger partial charge in [-0.1, -0.05) is 18.2 Å². The van der Waals surface area contributed by atoms with Gasteiger partial charge < -0.3 is 10.2 Å². The van der Waals surface area contributed by atoms with E-state index in [2.05, 4.69) is 46.5 Å². The molecule has 4 nitrogen and oxygen atoms in total. The van der Waals surface area contributed by atoms with Crippen LogP contribution in [-0.2, 0) is 20.0 Å². The van der Waals surface area contributed by atoms with Crippen molar-refractivity contribution in [1.29, 1.82) is 0 Å². The van der Waals surface area contributed by atoms with E-state index in [1.54, 1.807) is 0 Å². The fourth-order valence-electron chi connectivity index (χ4n) is 2.97. The van der Waals surface area contributed by atoms with Crippen molar-refractivity contribution in [2.45, 2.75) is 19.9 Å². The van der Waals surface area contributed by atoms with E-state index < -0.39 is 0 Å². The van der Waals surface area contributed by atoms with E-state index in [9.17, 15) is 0 Å². The largest absolute Gasteiger partial charge is 0.326 e. The van der Waals surface area contributed by atoms with Gasteiger partial charge in [0.15, 0.2) is 0 Å². The highest BCUT2D eigenvalue weighted by atomic mass is 15.4. The van der Waals surface area contributed by atoms with Gasteiger partial charge in [-0.3, -0.25) is 4.68 Å². The molecule has 1 aromatic carbocycles. The molecule has 4 heteroatoms. The van der Waals surface area contributed by atoms with Crippen LogP contribution in [0.2, 0.25) is 0 Å². The van der Waals surface area contributed by atoms with Gasteiger partial charge in [0.2, 0.25) is 0 Å². The lowest BCUT2D eigenvalue weighted by Crippen LogP contribution is -2.19. The monoisotopic (exact) mass is 256 g/mol. The Hall–Kier alpha value is -1.81. The number of rotatable bonds is 3. The first-order chi connectivity index (χ1) is 9.22. The number of benzene rings is 1. The number of fused-ring (bicyclic) bond motifs is 1. The summed E-state index contributed by atoms with van der Waals surface area (Å²) in [5.41, 5.74) is 5.15. The molecule has 3 rings (SSSR count). The molecule has 1 aliphatic heterocycles. The number of nitrogens with zero attached hydrogens (tertiary/aromatic N) is 3. The lowest BCUT2D eigenvalue weighted by atomic mass is 10.2. The van der Waals surface area contributed by atoms with Gasteiger partial charge in [0.05, 0.1) is 5.69 Å². The first-order valence-corrected chi connectivity index (χ1v) is 6.75. The minimum atomic E-state index is 0.855. The third-order valence-electron chi connectivity index (χ3n) is 3.81. The van der Waals surface area contributed by atoms with Crippen LogP contribution in [0.25, 0.3) is 0 Å². The molecule has 0 spiro atoms. The maximum absolute atomic E-state index is 4.58. The molecule has 0 fully saturated rings. The highest BCUT2D eigenvalue weighted by Gasteiger charge is 2.25. The molecule has 0 saturated heterocycles. The van der Waals surface area contributed by atoms with Crippen molar-refractivity contribution in [3.63, 3.8) is 0 Å². The Morgan fingerprint density at radius 3 is 2.89 bits per heavy atom. The van der Waals surface area contributed by atoms with Gasteiger partial charge >= 0.3 is 0 Å². The number of para-hydroxylation sites is 1. The van der Waals surface area contributed by atoms with Crippen molar-refractivity contribution in [2.24, 2.45) is 7.05 Å². The first-order valence-electron chi connectivity index (χ1n) is 6.75. The Bertz CT molecular complexity index is 600. The van der Waals surface area contributed by atoms with Crippen LogP contribution in [0.3, 0.4) is 0 Å². The molecule has 0 saturated carbocycles. The highest BCUT2D eigenvalue weighted by molar-refractivity contribution is 5.70. The van der Waals surface area contributed by atoms with Gasteiger partial charge in [0, 0.05) is 31.4 Å². The molecule has 1 aliphatic rings. The Labute approximate surface area is 114 Å². The van der Waals surface area contributed by atoms with Crippen LogP contribution >= 0.6 is 0 Å².